The van der Waals surface area contributed by atoms with Crippen LogP contribution in [0.25, 0.3) is 0 Å². The Balaban J connectivity index is 2.39. The molecule has 0 atom stereocenters. The van der Waals surface area contributed by atoms with Crippen LogP contribution in [0.15, 0.2) is 25.3 Å². The molecule has 2 N–H and O–H groups in total. The van der Waals surface area contributed by atoms with Crippen molar-refractivity contribution in [2.45, 2.75) is 44.7 Å². The molecule has 1 amide bonds. The summed E-state index contributed by atoms with van der Waals surface area (Å²) in [5.74, 6) is -0.860. The van der Waals surface area contributed by atoms with Crippen LogP contribution in [0.3, 0.4) is 0 Å². The third kappa shape index (κ3) is 5.34. The molecule has 5 nitrogen and oxygen atoms in total. The highest BCUT2D eigenvalue weighted by atomic mass is 16.4. The third-order valence-electron chi connectivity index (χ3n) is 3.99. The number of nitrogens with one attached hydrogen (secondary N) is 1. The van der Waals surface area contributed by atoms with Crippen LogP contribution in [-0.2, 0) is 9.59 Å². The number of amides is 1. The van der Waals surface area contributed by atoms with Crippen LogP contribution >= 0.6 is 0 Å². The first-order valence-corrected chi connectivity index (χ1v) is 7.49. The van der Waals surface area contributed by atoms with E-state index in [4.69, 9.17) is 5.11 Å². The van der Waals surface area contributed by atoms with E-state index in [1.807, 2.05) is 11.8 Å². The van der Waals surface area contributed by atoms with E-state index in [0.29, 0.717) is 19.4 Å². The number of carboxylic acids is 1. The quantitative estimate of drug-likeness (QED) is 0.603. The maximum absolute atomic E-state index is 12.1. The van der Waals surface area contributed by atoms with Gasteiger partial charge in [-0.15, -0.1) is 13.2 Å². The number of allylic oxidation sites excluding steroid dienone is 2. The van der Waals surface area contributed by atoms with Gasteiger partial charge in [-0.05, 0) is 32.2 Å². The second-order valence-electron chi connectivity index (χ2n) is 5.53. The molecule has 0 unspecified atom stereocenters. The molecule has 0 radical (unpaired) electrons. The standard InChI is InChI=1S/C16H26N2O3/c1-4-7-12(8-5-2)16(21)17-13-9-14(10-13)18(6-3)11-15(19)20/h4-5,12-14H,1-2,6-11H2,3H3,(H,17,21)(H,19,20). The number of likely N-dealkylation sites (N-methyl/N-ethyl adjacent to an activating group) is 1. The summed E-state index contributed by atoms with van der Waals surface area (Å²) in [6.07, 6.45) is 6.44. The average Bonchev–Trinajstić information content (AvgIpc) is 2.39. The summed E-state index contributed by atoms with van der Waals surface area (Å²) in [7, 11) is 0. The summed E-state index contributed by atoms with van der Waals surface area (Å²) in [6.45, 7) is 10.1. The summed E-state index contributed by atoms with van der Waals surface area (Å²) in [6, 6.07) is 0.413. The Labute approximate surface area is 126 Å². The second-order valence-corrected chi connectivity index (χ2v) is 5.53. The molecule has 1 fully saturated rings. The minimum Gasteiger partial charge on any atom is -0.480 e. The number of carboxylic acid groups (broad SMARTS) is 1. The number of carbonyl (C=O) groups excluding carboxylic acids is 1. The van der Waals surface area contributed by atoms with Crippen molar-refractivity contribution in [1.82, 2.24) is 10.2 Å². The van der Waals surface area contributed by atoms with Crippen molar-refractivity contribution in [2.75, 3.05) is 13.1 Å². The van der Waals surface area contributed by atoms with Gasteiger partial charge in [-0.2, -0.15) is 0 Å². The molecule has 21 heavy (non-hydrogen) atoms. The van der Waals surface area contributed by atoms with Crippen LogP contribution in [0.1, 0.15) is 32.6 Å². The Morgan fingerprint density at radius 2 is 1.90 bits per heavy atom. The Morgan fingerprint density at radius 3 is 2.33 bits per heavy atom. The van der Waals surface area contributed by atoms with Gasteiger partial charge < -0.3 is 10.4 Å². The van der Waals surface area contributed by atoms with Gasteiger partial charge in [0.15, 0.2) is 0 Å². The van der Waals surface area contributed by atoms with Crippen molar-refractivity contribution in [1.29, 1.82) is 0 Å². The highest BCUT2D eigenvalue weighted by Gasteiger charge is 2.35. The average molecular weight is 294 g/mol. The predicted octanol–water partition coefficient (Wildman–Crippen LogP) is 1.81. The van der Waals surface area contributed by atoms with Crippen LogP contribution in [0, 0.1) is 5.92 Å². The van der Waals surface area contributed by atoms with Crippen LogP contribution in [0.5, 0.6) is 0 Å². The number of carbonyl (C=O) groups is 2. The molecule has 0 heterocycles. The highest BCUT2D eigenvalue weighted by molar-refractivity contribution is 5.79. The molecule has 0 spiro atoms. The van der Waals surface area contributed by atoms with Crippen molar-refractivity contribution in [2.24, 2.45) is 5.92 Å². The summed E-state index contributed by atoms with van der Waals surface area (Å²) >= 11 is 0. The summed E-state index contributed by atoms with van der Waals surface area (Å²) < 4.78 is 0. The van der Waals surface area contributed by atoms with Gasteiger partial charge >= 0.3 is 5.97 Å². The normalized spacial score (nSPS) is 20.9. The predicted molar refractivity (Wildman–Crippen MR) is 83.0 cm³/mol. The van der Waals surface area contributed by atoms with E-state index in [-0.39, 0.29) is 30.5 Å². The van der Waals surface area contributed by atoms with E-state index >= 15 is 0 Å². The zero-order chi connectivity index (χ0) is 15.8. The zero-order valence-corrected chi connectivity index (χ0v) is 12.8. The second kappa shape index (κ2) is 8.62. The first kappa shape index (κ1) is 17.4. The van der Waals surface area contributed by atoms with Gasteiger partial charge in [0.1, 0.15) is 0 Å². The Kier molecular flexibility index (Phi) is 7.15. The molecular formula is C16H26N2O3. The van der Waals surface area contributed by atoms with E-state index in [1.165, 1.54) is 0 Å². The van der Waals surface area contributed by atoms with E-state index in [0.717, 1.165) is 12.8 Å². The van der Waals surface area contributed by atoms with Crippen LogP contribution in [0.2, 0.25) is 0 Å². The molecule has 0 aliphatic heterocycles. The first-order valence-electron chi connectivity index (χ1n) is 7.49. The summed E-state index contributed by atoms with van der Waals surface area (Å²) in [5, 5.41) is 11.9. The summed E-state index contributed by atoms with van der Waals surface area (Å²) in [5.41, 5.74) is 0. The Morgan fingerprint density at radius 1 is 1.33 bits per heavy atom. The van der Waals surface area contributed by atoms with Crippen LogP contribution < -0.4 is 5.32 Å². The molecule has 0 saturated heterocycles. The van der Waals surface area contributed by atoms with Gasteiger partial charge in [0, 0.05) is 18.0 Å². The number of rotatable bonds is 10. The molecule has 0 aromatic heterocycles. The molecule has 1 aliphatic rings. The minimum atomic E-state index is -0.804. The number of aliphatic carboxylic acids is 1. The van der Waals surface area contributed by atoms with Crippen molar-refractivity contribution in [3.8, 4) is 0 Å². The number of nitrogens with zero attached hydrogens (tertiary/aromatic N) is 1. The monoisotopic (exact) mass is 294 g/mol. The molecule has 118 valence electrons. The largest absolute Gasteiger partial charge is 0.480 e. The lowest BCUT2D eigenvalue weighted by molar-refractivity contribution is -0.140. The first-order chi connectivity index (χ1) is 10.0. The van der Waals surface area contributed by atoms with Crippen molar-refractivity contribution >= 4 is 11.9 Å². The molecule has 5 heteroatoms. The minimum absolute atomic E-state index is 0.0412. The molecule has 1 rings (SSSR count). The highest BCUT2D eigenvalue weighted by Crippen LogP contribution is 2.26. The van der Waals surface area contributed by atoms with Gasteiger partial charge in [0.2, 0.25) is 5.91 Å². The smallest absolute Gasteiger partial charge is 0.317 e. The van der Waals surface area contributed by atoms with E-state index in [2.05, 4.69) is 18.5 Å². The lowest BCUT2D eigenvalue weighted by Crippen LogP contribution is -2.55. The summed E-state index contributed by atoms with van der Waals surface area (Å²) in [4.78, 5) is 24.9. The molecule has 0 aromatic carbocycles. The van der Waals surface area contributed by atoms with Gasteiger partial charge in [-0.25, -0.2) is 0 Å². The molecule has 0 bridgehead atoms. The molecular weight excluding hydrogens is 268 g/mol. The topological polar surface area (TPSA) is 69.6 Å². The van der Waals surface area contributed by atoms with Crippen molar-refractivity contribution in [3.63, 3.8) is 0 Å². The number of hydrogen-bond donors (Lipinski definition) is 2. The lowest BCUT2D eigenvalue weighted by atomic mass is 9.84. The Hall–Kier alpha value is -1.62. The molecule has 1 saturated carbocycles. The van der Waals surface area contributed by atoms with Gasteiger partial charge in [-0.3, -0.25) is 14.5 Å². The van der Waals surface area contributed by atoms with E-state index < -0.39 is 5.97 Å². The van der Waals surface area contributed by atoms with Crippen LogP contribution in [0.4, 0.5) is 0 Å². The molecule has 0 aromatic rings. The lowest BCUT2D eigenvalue weighted by Gasteiger charge is -2.42. The zero-order valence-electron chi connectivity index (χ0n) is 12.8. The van der Waals surface area contributed by atoms with E-state index in [1.54, 1.807) is 12.2 Å². The molecule has 1 aliphatic carbocycles. The maximum Gasteiger partial charge on any atom is 0.317 e. The number of hydrogen-bond acceptors (Lipinski definition) is 3. The van der Waals surface area contributed by atoms with Crippen LogP contribution in [-0.4, -0.2) is 47.1 Å². The maximum atomic E-state index is 12.1. The fraction of sp³-hybridized carbons (Fsp3) is 0.625. The Bertz CT molecular complexity index is 379. The van der Waals surface area contributed by atoms with Gasteiger partial charge in [0.05, 0.1) is 6.54 Å². The van der Waals surface area contributed by atoms with Crippen molar-refractivity contribution in [3.05, 3.63) is 25.3 Å². The van der Waals surface area contributed by atoms with Gasteiger partial charge in [0.25, 0.3) is 0 Å². The fourth-order valence-corrected chi connectivity index (χ4v) is 2.71. The van der Waals surface area contributed by atoms with Gasteiger partial charge in [-0.1, -0.05) is 19.1 Å². The fourth-order valence-electron chi connectivity index (χ4n) is 2.71. The third-order valence-corrected chi connectivity index (χ3v) is 3.99. The van der Waals surface area contributed by atoms with E-state index in [9.17, 15) is 9.59 Å². The SMILES string of the molecule is C=CCC(CC=C)C(=O)NC1CC(N(CC)CC(=O)O)C1. The van der Waals surface area contributed by atoms with Crippen molar-refractivity contribution < 1.29 is 14.7 Å².